The fourth-order valence-electron chi connectivity index (χ4n) is 4.14. The van der Waals surface area contributed by atoms with Crippen LogP contribution in [-0.4, -0.2) is 23.5 Å². The van der Waals surface area contributed by atoms with E-state index >= 15 is 0 Å². The Morgan fingerprint density at radius 2 is 1.81 bits per heavy atom. The van der Waals surface area contributed by atoms with Gasteiger partial charge in [0.2, 0.25) is 0 Å². The average molecular weight is 349 g/mol. The van der Waals surface area contributed by atoms with Crippen LogP contribution in [0.25, 0.3) is 0 Å². The first-order chi connectivity index (χ1) is 12.3. The van der Waals surface area contributed by atoms with Crippen molar-refractivity contribution in [2.45, 2.75) is 58.6 Å². The van der Waals surface area contributed by atoms with E-state index in [-0.39, 0.29) is 11.1 Å². The summed E-state index contributed by atoms with van der Waals surface area (Å²) in [7, 11) is 0. The molecule has 2 aromatic rings. The molecule has 0 aromatic heterocycles. The molecule has 2 aliphatic heterocycles. The molecule has 0 spiro atoms. The summed E-state index contributed by atoms with van der Waals surface area (Å²) in [5.41, 5.74) is 5.69. The predicted molar refractivity (Wildman–Crippen MR) is 106 cm³/mol. The topological polar surface area (TPSA) is 30.8 Å². The molecule has 4 rings (SSSR count). The van der Waals surface area contributed by atoms with Crippen LogP contribution in [-0.2, 0) is 12.8 Å². The molecule has 2 aliphatic rings. The number of rotatable bonds is 3. The molecule has 3 nitrogen and oxygen atoms in total. The lowest BCUT2D eigenvalue weighted by atomic mass is 9.81. The highest BCUT2D eigenvalue weighted by atomic mass is 16.5. The molecule has 26 heavy (non-hydrogen) atoms. The van der Waals surface area contributed by atoms with E-state index < -0.39 is 0 Å². The number of hydrogen-bond donors (Lipinski definition) is 0. The van der Waals surface area contributed by atoms with Crippen LogP contribution in [0.4, 0.5) is 0 Å². The molecule has 2 aromatic carbocycles. The minimum atomic E-state index is -0.224. The van der Waals surface area contributed by atoms with Crippen molar-refractivity contribution in [3.63, 3.8) is 0 Å². The molecule has 136 valence electrons. The van der Waals surface area contributed by atoms with Crippen LogP contribution in [0.2, 0.25) is 0 Å². The maximum Gasteiger partial charge on any atom is 0.166 e. The smallest absolute Gasteiger partial charge is 0.166 e. The zero-order chi connectivity index (χ0) is 18.5. The molecule has 0 unspecified atom stereocenters. The fourth-order valence-corrected chi connectivity index (χ4v) is 4.14. The second-order valence-corrected chi connectivity index (χ2v) is 8.50. The molecule has 0 atom stereocenters. The highest BCUT2D eigenvalue weighted by molar-refractivity contribution is 6.16. The normalized spacial score (nSPS) is 19.2. The number of nitrogens with zero attached hydrogens (tertiary/aromatic N) is 1. The Morgan fingerprint density at radius 3 is 2.50 bits per heavy atom. The summed E-state index contributed by atoms with van der Waals surface area (Å²) in [6, 6.07) is 12.7. The number of hydrogen-bond acceptors (Lipinski definition) is 3. The average Bonchev–Trinajstić information content (AvgIpc) is 2.89. The Morgan fingerprint density at radius 1 is 1.08 bits per heavy atom. The summed E-state index contributed by atoms with van der Waals surface area (Å²) in [6.45, 7) is 11.3. The van der Waals surface area contributed by atoms with Gasteiger partial charge in [-0.15, -0.1) is 0 Å². The van der Waals surface area contributed by atoms with Crippen molar-refractivity contribution >= 4 is 5.71 Å². The number of ether oxygens (including phenoxy) is 2. The van der Waals surface area contributed by atoms with Crippen LogP contribution < -0.4 is 9.47 Å². The lowest BCUT2D eigenvalue weighted by Crippen LogP contribution is -2.30. The van der Waals surface area contributed by atoms with E-state index in [1.54, 1.807) is 0 Å². The van der Waals surface area contributed by atoms with Gasteiger partial charge in [-0.1, -0.05) is 30.3 Å². The highest BCUT2D eigenvalue weighted by Crippen LogP contribution is 2.47. The zero-order valence-electron chi connectivity index (χ0n) is 16.3. The molecule has 0 amide bonds. The molecular formula is C23H27NO2. The molecule has 3 heteroatoms. The summed E-state index contributed by atoms with van der Waals surface area (Å²) in [5, 5.41) is 0. The van der Waals surface area contributed by atoms with Crippen molar-refractivity contribution in [2.75, 3.05) is 6.61 Å². The summed E-state index contributed by atoms with van der Waals surface area (Å²) in [5.74, 6) is 1.77. The molecule has 0 radical (unpaired) electrons. The third-order valence-electron chi connectivity index (χ3n) is 5.03. The molecule has 0 fully saturated rings. The Bertz CT molecular complexity index is 879. The van der Waals surface area contributed by atoms with Crippen molar-refractivity contribution in [3.8, 4) is 11.5 Å². The summed E-state index contributed by atoms with van der Waals surface area (Å²) in [6.07, 6.45) is 1.78. The minimum absolute atomic E-state index is 0.134. The summed E-state index contributed by atoms with van der Waals surface area (Å²) >= 11 is 0. The first-order valence-electron chi connectivity index (χ1n) is 9.46. The van der Waals surface area contributed by atoms with Gasteiger partial charge in [-0.25, -0.2) is 0 Å². The van der Waals surface area contributed by atoms with Gasteiger partial charge in [0, 0.05) is 23.1 Å². The molecule has 0 saturated heterocycles. The van der Waals surface area contributed by atoms with Crippen LogP contribution in [0, 0.1) is 0 Å². The van der Waals surface area contributed by atoms with Gasteiger partial charge in [0.25, 0.3) is 0 Å². The standard InChI is InChI=1S/C23H27NO2/c1-6-25-18-12-16-13-22(2,3)24-20(15-10-8-7-9-11-15)19(16)17-14-23(4,5)26-21(17)18/h7-12H,6,13-14H2,1-5H3. The van der Waals surface area contributed by atoms with Gasteiger partial charge in [-0.3, -0.25) is 4.99 Å². The minimum Gasteiger partial charge on any atom is -0.490 e. The quantitative estimate of drug-likeness (QED) is 0.783. The first-order valence-corrected chi connectivity index (χ1v) is 9.46. The number of aliphatic imine (C=N–C) groups is 1. The third kappa shape index (κ3) is 2.90. The van der Waals surface area contributed by atoms with Gasteiger partial charge in [0.1, 0.15) is 5.60 Å². The SMILES string of the molecule is CCOc1cc2c(c3c1OC(C)(C)C3)C(c1ccccc1)=NC(C)(C)C2. The van der Waals surface area contributed by atoms with Crippen LogP contribution in [0.15, 0.2) is 41.4 Å². The van der Waals surface area contributed by atoms with E-state index in [4.69, 9.17) is 14.5 Å². The molecule has 0 aliphatic carbocycles. The van der Waals surface area contributed by atoms with Gasteiger partial charge < -0.3 is 9.47 Å². The molecule has 0 saturated carbocycles. The van der Waals surface area contributed by atoms with Crippen molar-refractivity contribution in [3.05, 3.63) is 58.7 Å². The lowest BCUT2D eigenvalue weighted by molar-refractivity contribution is 0.132. The van der Waals surface area contributed by atoms with Gasteiger partial charge in [0.05, 0.1) is 17.9 Å². The Kier molecular flexibility index (Phi) is 3.87. The van der Waals surface area contributed by atoms with E-state index in [0.717, 1.165) is 35.6 Å². The van der Waals surface area contributed by atoms with Gasteiger partial charge in [0.15, 0.2) is 11.5 Å². The van der Waals surface area contributed by atoms with E-state index in [1.165, 1.54) is 16.7 Å². The maximum absolute atomic E-state index is 6.30. The zero-order valence-corrected chi connectivity index (χ0v) is 16.3. The van der Waals surface area contributed by atoms with E-state index in [1.807, 2.05) is 13.0 Å². The predicted octanol–water partition coefficient (Wildman–Crippen LogP) is 4.97. The molecular weight excluding hydrogens is 322 g/mol. The van der Waals surface area contributed by atoms with E-state index in [2.05, 4.69) is 58.0 Å². The van der Waals surface area contributed by atoms with Gasteiger partial charge in [-0.2, -0.15) is 0 Å². The molecule has 0 N–H and O–H groups in total. The summed E-state index contributed by atoms with van der Waals surface area (Å²) < 4.78 is 12.3. The molecule has 2 heterocycles. The van der Waals surface area contributed by atoms with E-state index in [0.29, 0.717) is 6.61 Å². The molecule has 0 bridgehead atoms. The Hall–Kier alpha value is -2.29. The van der Waals surface area contributed by atoms with Gasteiger partial charge in [-0.05, 0) is 52.7 Å². The van der Waals surface area contributed by atoms with Crippen LogP contribution in [0.5, 0.6) is 11.5 Å². The Balaban J connectivity index is 1.98. The van der Waals surface area contributed by atoms with Gasteiger partial charge >= 0.3 is 0 Å². The van der Waals surface area contributed by atoms with Crippen LogP contribution >= 0.6 is 0 Å². The van der Waals surface area contributed by atoms with Crippen molar-refractivity contribution < 1.29 is 9.47 Å². The maximum atomic E-state index is 6.30. The largest absolute Gasteiger partial charge is 0.490 e. The second kappa shape index (κ2) is 5.87. The third-order valence-corrected chi connectivity index (χ3v) is 5.03. The number of benzene rings is 2. The van der Waals surface area contributed by atoms with Crippen LogP contribution in [0.3, 0.4) is 0 Å². The van der Waals surface area contributed by atoms with Crippen LogP contribution in [0.1, 0.15) is 56.9 Å². The van der Waals surface area contributed by atoms with Crippen molar-refractivity contribution in [2.24, 2.45) is 4.99 Å². The number of fused-ring (bicyclic) bond motifs is 3. The fraction of sp³-hybridized carbons (Fsp3) is 0.435. The lowest BCUT2D eigenvalue weighted by Gasteiger charge is -2.31. The van der Waals surface area contributed by atoms with Crippen molar-refractivity contribution in [1.82, 2.24) is 0 Å². The monoisotopic (exact) mass is 349 g/mol. The van der Waals surface area contributed by atoms with Crippen molar-refractivity contribution in [1.29, 1.82) is 0 Å². The Labute approximate surface area is 156 Å². The van der Waals surface area contributed by atoms with E-state index in [9.17, 15) is 0 Å². The highest BCUT2D eigenvalue weighted by Gasteiger charge is 2.39. The summed E-state index contributed by atoms with van der Waals surface area (Å²) in [4.78, 5) is 5.15. The first kappa shape index (κ1) is 17.1. The second-order valence-electron chi connectivity index (χ2n) is 8.50.